The maximum Gasteiger partial charge on any atom is 0.244 e. The second-order valence-electron chi connectivity index (χ2n) is 3.57. The largest absolute Gasteiger partial charge is 0.394 e. The molecule has 1 aromatic rings. The van der Waals surface area contributed by atoms with Gasteiger partial charge in [0.2, 0.25) is 5.91 Å². The molecule has 1 rings (SSSR count). The number of carbonyl (C=O) groups is 1. The van der Waals surface area contributed by atoms with Crippen molar-refractivity contribution in [2.45, 2.75) is 13.0 Å². The van der Waals surface area contributed by atoms with E-state index in [1.54, 1.807) is 31.2 Å². The Balaban J connectivity index is 2.71. The molecule has 0 bridgehead atoms. The van der Waals surface area contributed by atoms with Crippen molar-refractivity contribution in [3.05, 3.63) is 39.9 Å². The Morgan fingerprint density at radius 3 is 2.88 bits per heavy atom. The number of benzene rings is 1. The summed E-state index contributed by atoms with van der Waals surface area (Å²) in [6.45, 7) is 1.61. The summed E-state index contributed by atoms with van der Waals surface area (Å²) in [6.07, 6.45) is 2.93. The Morgan fingerprint density at radius 2 is 2.24 bits per heavy atom. The highest BCUT2D eigenvalue weighted by Crippen LogP contribution is 2.26. The van der Waals surface area contributed by atoms with E-state index in [9.17, 15) is 4.79 Å². The van der Waals surface area contributed by atoms with E-state index >= 15 is 0 Å². The average molecular weight is 274 g/mol. The Kier molecular flexibility index (Phi) is 5.48. The van der Waals surface area contributed by atoms with Crippen LogP contribution in [0.25, 0.3) is 6.08 Å². The number of nitrogens with one attached hydrogen (secondary N) is 1. The molecule has 5 heteroatoms. The minimum Gasteiger partial charge on any atom is -0.394 e. The third kappa shape index (κ3) is 4.38. The molecule has 0 aromatic heterocycles. The summed E-state index contributed by atoms with van der Waals surface area (Å²) >= 11 is 11.8. The number of halogens is 2. The maximum absolute atomic E-state index is 11.4. The van der Waals surface area contributed by atoms with Crippen LogP contribution in [0.1, 0.15) is 12.5 Å². The molecule has 0 aliphatic heterocycles. The number of hydrogen-bond donors (Lipinski definition) is 2. The quantitative estimate of drug-likeness (QED) is 0.829. The van der Waals surface area contributed by atoms with Crippen molar-refractivity contribution in [3.8, 4) is 0 Å². The molecule has 1 amide bonds. The molecule has 0 aliphatic carbocycles. The summed E-state index contributed by atoms with van der Waals surface area (Å²) in [6, 6.07) is 4.91. The third-order valence-electron chi connectivity index (χ3n) is 2.06. The molecule has 0 aliphatic rings. The highest BCUT2D eigenvalue weighted by Gasteiger charge is 2.04. The predicted molar refractivity (Wildman–Crippen MR) is 70.2 cm³/mol. The summed E-state index contributed by atoms with van der Waals surface area (Å²) in [7, 11) is 0. The van der Waals surface area contributed by atoms with E-state index in [1.165, 1.54) is 6.08 Å². The zero-order chi connectivity index (χ0) is 12.8. The van der Waals surface area contributed by atoms with Gasteiger partial charge in [0.05, 0.1) is 16.7 Å². The monoisotopic (exact) mass is 273 g/mol. The van der Waals surface area contributed by atoms with Gasteiger partial charge >= 0.3 is 0 Å². The Labute approximate surface area is 110 Å². The Bertz CT molecular complexity index is 433. The van der Waals surface area contributed by atoms with Crippen molar-refractivity contribution in [1.82, 2.24) is 5.32 Å². The summed E-state index contributed by atoms with van der Waals surface area (Å²) in [5.74, 6) is -0.289. The SMILES string of the molecule is C[C@@H](CO)NC(=O)C=Cc1cccc(Cl)c1Cl. The van der Waals surface area contributed by atoms with Gasteiger partial charge in [-0.15, -0.1) is 0 Å². The lowest BCUT2D eigenvalue weighted by Crippen LogP contribution is -2.33. The highest BCUT2D eigenvalue weighted by molar-refractivity contribution is 6.42. The number of amides is 1. The van der Waals surface area contributed by atoms with Crippen LogP contribution >= 0.6 is 23.2 Å². The zero-order valence-corrected chi connectivity index (χ0v) is 10.8. The molecule has 3 nitrogen and oxygen atoms in total. The van der Waals surface area contributed by atoms with Gasteiger partial charge in [0.1, 0.15) is 0 Å². The lowest BCUT2D eigenvalue weighted by atomic mass is 10.2. The van der Waals surface area contributed by atoms with E-state index in [0.29, 0.717) is 15.6 Å². The van der Waals surface area contributed by atoms with Crippen molar-refractivity contribution >= 4 is 35.2 Å². The maximum atomic E-state index is 11.4. The molecule has 1 atom stereocenters. The van der Waals surface area contributed by atoms with Gasteiger partial charge in [-0.25, -0.2) is 0 Å². The predicted octanol–water partition coefficient (Wildman–Crippen LogP) is 2.50. The number of aliphatic hydroxyl groups excluding tert-OH is 1. The normalized spacial score (nSPS) is 12.7. The fraction of sp³-hybridized carbons (Fsp3) is 0.250. The Morgan fingerprint density at radius 1 is 1.53 bits per heavy atom. The van der Waals surface area contributed by atoms with Crippen LogP contribution in [-0.4, -0.2) is 23.7 Å². The molecule has 92 valence electrons. The lowest BCUT2D eigenvalue weighted by Gasteiger charge is -2.07. The van der Waals surface area contributed by atoms with Crippen LogP contribution in [0, 0.1) is 0 Å². The van der Waals surface area contributed by atoms with Crippen LogP contribution in [-0.2, 0) is 4.79 Å². The topological polar surface area (TPSA) is 49.3 Å². The minimum absolute atomic E-state index is 0.0997. The van der Waals surface area contributed by atoms with Crippen molar-refractivity contribution in [1.29, 1.82) is 0 Å². The average Bonchev–Trinajstić information content (AvgIpc) is 2.31. The van der Waals surface area contributed by atoms with E-state index in [1.807, 2.05) is 0 Å². The van der Waals surface area contributed by atoms with Gasteiger partial charge in [-0.3, -0.25) is 4.79 Å². The van der Waals surface area contributed by atoms with Crippen LogP contribution < -0.4 is 5.32 Å². The van der Waals surface area contributed by atoms with Gasteiger partial charge in [0, 0.05) is 12.1 Å². The number of hydrogen-bond acceptors (Lipinski definition) is 2. The summed E-state index contributed by atoms with van der Waals surface area (Å²) in [5, 5.41) is 12.2. The first-order valence-electron chi connectivity index (χ1n) is 5.08. The van der Waals surface area contributed by atoms with E-state index in [0.717, 1.165) is 0 Å². The first-order chi connectivity index (χ1) is 8.04. The Hall–Kier alpha value is -1.03. The fourth-order valence-corrected chi connectivity index (χ4v) is 1.52. The van der Waals surface area contributed by atoms with Gasteiger partial charge in [0.15, 0.2) is 0 Å². The van der Waals surface area contributed by atoms with Crippen LogP contribution in [0.15, 0.2) is 24.3 Å². The van der Waals surface area contributed by atoms with Crippen molar-refractivity contribution in [3.63, 3.8) is 0 Å². The molecule has 0 unspecified atom stereocenters. The van der Waals surface area contributed by atoms with E-state index < -0.39 is 0 Å². The standard InChI is InChI=1S/C12H13Cl2NO2/c1-8(7-16)15-11(17)6-5-9-3-2-4-10(13)12(9)14/h2-6,8,16H,7H2,1H3,(H,15,17)/t8-/m0/s1. The zero-order valence-electron chi connectivity index (χ0n) is 9.28. The summed E-state index contributed by atoms with van der Waals surface area (Å²) < 4.78 is 0. The third-order valence-corrected chi connectivity index (χ3v) is 2.89. The molecule has 1 aromatic carbocycles. The van der Waals surface area contributed by atoms with Gasteiger partial charge in [-0.1, -0.05) is 35.3 Å². The lowest BCUT2D eigenvalue weighted by molar-refractivity contribution is -0.117. The number of rotatable bonds is 4. The molecule has 0 spiro atoms. The van der Waals surface area contributed by atoms with Crippen molar-refractivity contribution in [2.24, 2.45) is 0 Å². The first kappa shape index (κ1) is 14.0. The highest BCUT2D eigenvalue weighted by atomic mass is 35.5. The molecule has 17 heavy (non-hydrogen) atoms. The van der Waals surface area contributed by atoms with E-state index in [2.05, 4.69) is 5.32 Å². The van der Waals surface area contributed by atoms with Crippen LogP contribution in [0.4, 0.5) is 0 Å². The smallest absolute Gasteiger partial charge is 0.244 e. The molecule has 0 saturated carbocycles. The molecule has 0 fully saturated rings. The van der Waals surface area contributed by atoms with E-state index in [4.69, 9.17) is 28.3 Å². The van der Waals surface area contributed by atoms with Crippen molar-refractivity contribution in [2.75, 3.05) is 6.61 Å². The summed E-state index contributed by atoms with van der Waals surface area (Å²) in [4.78, 5) is 11.4. The van der Waals surface area contributed by atoms with Gasteiger partial charge in [-0.05, 0) is 24.6 Å². The van der Waals surface area contributed by atoms with E-state index in [-0.39, 0.29) is 18.6 Å². The summed E-state index contributed by atoms with van der Waals surface area (Å²) in [5.41, 5.74) is 0.672. The van der Waals surface area contributed by atoms with Gasteiger partial charge < -0.3 is 10.4 Å². The van der Waals surface area contributed by atoms with Crippen molar-refractivity contribution < 1.29 is 9.90 Å². The molecule has 0 heterocycles. The fourth-order valence-electron chi connectivity index (χ4n) is 1.15. The molecule has 0 saturated heterocycles. The second-order valence-corrected chi connectivity index (χ2v) is 4.35. The first-order valence-corrected chi connectivity index (χ1v) is 5.83. The molecule has 2 N–H and O–H groups in total. The number of aliphatic hydroxyl groups is 1. The minimum atomic E-state index is -0.289. The van der Waals surface area contributed by atoms with Crippen LogP contribution in [0.2, 0.25) is 10.0 Å². The van der Waals surface area contributed by atoms with Gasteiger partial charge in [0.25, 0.3) is 0 Å². The molecular formula is C12H13Cl2NO2. The van der Waals surface area contributed by atoms with Crippen LogP contribution in [0.3, 0.4) is 0 Å². The molecular weight excluding hydrogens is 261 g/mol. The molecule has 0 radical (unpaired) electrons. The second kappa shape index (κ2) is 6.64. The van der Waals surface area contributed by atoms with Gasteiger partial charge in [-0.2, -0.15) is 0 Å². The number of carbonyl (C=O) groups excluding carboxylic acids is 1. The van der Waals surface area contributed by atoms with Crippen LogP contribution in [0.5, 0.6) is 0 Å².